The molecule has 1 heterocycles. The quantitative estimate of drug-likeness (QED) is 0.855. The summed E-state index contributed by atoms with van der Waals surface area (Å²) in [5, 5.41) is 5.45. The molecule has 7 heteroatoms. The highest BCUT2D eigenvalue weighted by Gasteiger charge is 2.04. The van der Waals surface area contributed by atoms with Crippen LogP contribution in [0.3, 0.4) is 0 Å². The lowest BCUT2D eigenvalue weighted by Crippen LogP contribution is -2.27. The summed E-state index contributed by atoms with van der Waals surface area (Å²) in [5.74, 6) is 0.161. The van der Waals surface area contributed by atoms with Gasteiger partial charge in [0.1, 0.15) is 5.82 Å². The fourth-order valence-electron chi connectivity index (χ4n) is 1.01. The molecule has 0 aromatic carbocycles. The molecule has 0 radical (unpaired) electrons. The van der Waals surface area contributed by atoms with Crippen molar-refractivity contribution in [2.45, 2.75) is 6.42 Å². The zero-order valence-corrected chi connectivity index (χ0v) is 9.95. The molecule has 0 aliphatic heterocycles. The molecular formula is C10H12ClN3O3. The number of hydrogen-bond acceptors (Lipinski definition) is 4. The Labute approximate surface area is 103 Å². The van der Waals surface area contributed by atoms with Crippen molar-refractivity contribution in [2.24, 2.45) is 0 Å². The molecule has 2 N–H and O–H groups in total. The van der Waals surface area contributed by atoms with Crippen molar-refractivity contribution in [3.05, 3.63) is 23.4 Å². The number of aromatic nitrogens is 1. The van der Waals surface area contributed by atoms with Crippen molar-refractivity contribution < 1.29 is 14.3 Å². The van der Waals surface area contributed by atoms with E-state index >= 15 is 0 Å². The summed E-state index contributed by atoms with van der Waals surface area (Å²) in [6, 6.07) is 3.21. The van der Waals surface area contributed by atoms with Gasteiger partial charge in [0.15, 0.2) is 0 Å². The number of carbonyl (C=O) groups is 2. The lowest BCUT2D eigenvalue weighted by molar-refractivity contribution is -0.116. The van der Waals surface area contributed by atoms with E-state index in [1.807, 2.05) is 0 Å². The van der Waals surface area contributed by atoms with Crippen LogP contribution in [0.25, 0.3) is 0 Å². The molecule has 1 aromatic rings. The maximum atomic E-state index is 11.4. The molecule has 0 aliphatic carbocycles. The number of hydrogen-bond donors (Lipinski definition) is 2. The highest BCUT2D eigenvalue weighted by Crippen LogP contribution is 2.09. The van der Waals surface area contributed by atoms with Gasteiger partial charge in [-0.2, -0.15) is 0 Å². The van der Waals surface area contributed by atoms with Gasteiger partial charge >= 0.3 is 6.09 Å². The Morgan fingerprint density at radius 3 is 2.82 bits per heavy atom. The lowest BCUT2D eigenvalue weighted by Gasteiger charge is -2.05. The van der Waals surface area contributed by atoms with Crippen molar-refractivity contribution >= 4 is 29.4 Å². The molecule has 0 unspecified atom stereocenters. The zero-order chi connectivity index (χ0) is 12.7. The van der Waals surface area contributed by atoms with E-state index in [2.05, 4.69) is 20.4 Å². The molecule has 0 fully saturated rings. The summed E-state index contributed by atoms with van der Waals surface area (Å²) < 4.78 is 4.35. The van der Waals surface area contributed by atoms with E-state index in [4.69, 9.17) is 11.6 Å². The van der Waals surface area contributed by atoms with Gasteiger partial charge in [-0.15, -0.1) is 0 Å². The second-order valence-corrected chi connectivity index (χ2v) is 3.51. The highest BCUT2D eigenvalue weighted by molar-refractivity contribution is 6.30. The molecule has 0 aliphatic rings. The molecule has 0 saturated carbocycles. The Hall–Kier alpha value is -1.82. The van der Waals surface area contributed by atoms with Crippen LogP contribution in [-0.2, 0) is 9.53 Å². The SMILES string of the molecule is COC(=O)NCCC(=O)Nc1ccc(Cl)cn1. The zero-order valence-electron chi connectivity index (χ0n) is 9.20. The Kier molecular flexibility index (Phi) is 5.22. The maximum Gasteiger partial charge on any atom is 0.406 e. The fourth-order valence-corrected chi connectivity index (χ4v) is 1.12. The minimum absolute atomic E-state index is 0.138. The van der Waals surface area contributed by atoms with Gasteiger partial charge in [-0.05, 0) is 12.1 Å². The number of alkyl carbamates (subject to hydrolysis) is 1. The molecule has 0 spiro atoms. The lowest BCUT2D eigenvalue weighted by atomic mass is 10.4. The first kappa shape index (κ1) is 13.2. The average molecular weight is 258 g/mol. The van der Waals surface area contributed by atoms with Crippen LogP contribution in [0.5, 0.6) is 0 Å². The van der Waals surface area contributed by atoms with Crippen LogP contribution in [-0.4, -0.2) is 30.6 Å². The van der Waals surface area contributed by atoms with Crippen LogP contribution in [0.4, 0.5) is 10.6 Å². The van der Waals surface area contributed by atoms with Crippen molar-refractivity contribution in [1.29, 1.82) is 0 Å². The largest absolute Gasteiger partial charge is 0.453 e. The minimum atomic E-state index is -0.567. The van der Waals surface area contributed by atoms with Gasteiger partial charge in [0.2, 0.25) is 5.91 Å². The third-order valence-electron chi connectivity index (χ3n) is 1.80. The molecule has 92 valence electrons. The third kappa shape index (κ3) is 5.17. The van der Waals surface area contributed by atoms with E-state index in [0.717, 1.165) is 0 Å². The number of nitrogens with zero attached hydrogens (tertiary/aromatic N) is 1. The van der Waals surface area contributed by atoms with Crippen LogP contribution < -0.4 is 10.6 Å². The summed E-state index contributed by atoms with van der Waals surface area (Å²) in [5.41, 5.74) is 0. The molecule has 0 bridgehead atoms. The van der Waals surface area contributed by atoms with Gasteiger partial charge < -0.3 is 15.4 Å². The topological polar surface area (TPSA) is 80.3 Å². The normalized spacial score (nSPS) is 9.53. The molecule has 1 aromatic heterocycles. The molecule has 6 nitrogen and oxygen atoms in total. The van der Waals surface area contributed by atoms with Crippen LogP contribution in [0.15, 0.2) is 18.3 Å². The number of nitrogens with one attached hydrogen (secondary N) is 2. The van der Waals surface area contributed by atoms with Crippen molar-refractivity contribution in [2.75, 3.05) is 19.0 Å². The summed E-state index contributed by atoms with van der Waals surface area (Å²) in [4.78, 5) is 26.0. The first-order valence-corrected chi connectivity index (χ1v) is 5.23. The number of carbonyl (C=O) groups excluding carboxylic acids is 2. The fraction of sp³-hybridized carbons (Fsp3) is 0.300. The predicted octanol–water partition coefficient (Wildman–Crippen LogP) is 1.42. The van der Waals surface area contributed by atoms with Gasteiger partial charge in [0.05, 0.1) is 12.1 Å². The number of halogens is 1. The van der Waals surface area contributed by atoms with Gasteiger partial charge in [0, 0.05) is 19.2 Å². The van der Waals surface area contributed by atoms with Crippen LogP contribution in [0.1, 0.15) is 6.42 Å². The number of methoxy groups -OCH3 is 1. The number of pyridine rings is 1. The van der Waals surface area contributed by atoms with Gasteiger partial charge in [-0.1, -0.05) is 11.6 Å². The highest BCUT2D eigenvalue weighted by atomic mass is 35.5. The molecule has 0 atom stereocenters. The second kappa shape index (κ2) is 6.70. The van der Waals surface area contributed by atoms with E-state index in [9.17, 15) is 9.59 Å². The second-order valence-electron chi connectivity index (χ2n) is 3.08. The van der Waals surface area contributed by atoms with Crippen LogP contribution in [0.2, 0.25) is 5.02 Å². The predicted molar refractivity (Wildman–Crippen MR) is 62.9 cm³/mol. The minimum Gasteiger partial charge on any atom is -0.453 e. The van der Waals surface area contributed by atoms with Crippen molar-refractivity contribution in [3.63, 3.8) is 0 Å². The van der Waals surface area contributed by atoms with E-state index in [-0.39, 0.29) is 18.9 Å². The monoisotopic (exact) mass is 257 g/mol. The smallest absolute Gasteiger partial charge is 0.406 e. The summed E-state index contributed by atoms with van der Waals surface area (Å²) in [6.07, 6.45) is 1.01. The van der Waals surface area contributed by atoms with Crippen molar-refractivity contribution in [1.82, 2.24) is 10.3 Å². The van der Waals surface area contributed by atoms with Gasteiger partial charge in [-0.3, -0.25) is 4.79 Å². The molecule has 1 rings (SSSR count). The van der Waals surface area contributed by atoms with Crippen molar-refractivity contribution in [3.8, 4) is 0 Å². The van der Waals surface area contributed by atoms with E-state index in [0.29, 0.717) is 10.8 Å². The maximum absolute atomic E-state index is 11.4. The van der Waals surface area contributed by atoms with E-state index in [1.54, 1.807) is 12.1 Å². The first-order valence-electron chi connectivity index (χ1n) is 4.85. The molecule has 2 amide bonds. The Morgan fingerprint density at radius 2 is 2.24 bits per heavy atom. The Balaban J connectivity index is 2.30. The van der Waals surface area contributed by atoms with E-state index in [1.165, 1.54) is 13.3 Å². The molecular weight excluding hydrogens is 246 g/mol. The summed E-state index contributed by atoms with van der Waals surface area (Å²) >= 11 is 5.65. The first-order chi connectivity index (χ1) is 8.11. The summed E-state index contributed by atoms with van der Waals surface area (Å²) in [7, 11) is 1.26. The number of ether oxygens (including phenoxy) is 1. The number of amides is 2. The number of anilines is 1. The molecule has 0 saturated heterocycles. The molecule has 17 heavy (non-hydrogen) atoms. The standard InChI is InChI=1S/C10H12ClN3O3/c1-17-10(16)12-5-4-9(15)14-8-3-2-7(11)6-13-8/h2-3,6H,4-5H2,1H3,(H,12,16)(H,13,14,15). The van der Waals surface area contributed by atoms with Gasteiger partial charge in [-0.25, -0.2) is 9.78 Å². The Morgan fingerprint density at radius 1 is 1.47 bits per heavy atom. The average Bonchev–Trinajstić information content (AvgIpc) is 2.32. The van der Waals surface area contributed by atoms with Crippen LogP contribution in [0, 0.1) is 0 Å². The third-order valence-corrected chi connectivity index (χ3v) is 2.03. The Bertz CT molecular complexity index is 394. The number of rotatable bonds is 4. The van der Waals surface area contributed by atoms with E-state index < -0.39 is 6.09 Å². The summed E-state index contributed by atoms with van der Waals surface area (Å²) in [6.45, 7) is 0.200. The van der Waals surface area contributed by atoms with Crippen LogP contribution >= 0.6 is 11.6 Å². The van der Waals surface area contributed by atoms with Gasteiger partial charge in [0.25, 0.3) is 0 Å².